The van der Waals surface area contributed by atoms with Crippen molar-refractivity contribution in [2.75, 3.05) is 13.4 Å². The second-order valence-corrected chi connectivity index (χ2v) is 5.31. The molecule has 4 heteroatoms. The van der Waals surface area contributed by atoms with Gasteiger partial charge in [0.25, 0.3) is 0 Å². The van der Waals surface area contributed by atoms with Crippen molar-refractivity contribution >= 4 is 17.5 Å². The molecule has 0 aliphatic carbocycles. The van der Waals surface area contributed by atoms with Gasteiger partial charge >= 0.3 is 0 Å². The van der Waals surface area contributed by atoms with E-state index in [0.29, 0.717) is 16.9 Å². The molecule has 0 fully saturated rings. The van der Waals surface area contributed by atoms with Crippen molar-refractivity contribution in [3.8, 4) is 11.8 Å². The van der Waals surface area contributed by atoms with Crippen LogP contribution in [0.1, 0.15) is 21.8 Å². The van der Waals surface area contributed by atoms with Crippen LogP contribution in [-0.2, 0) is 0 Å². The van der Waals surface area contributed by atoms with E-state index in [1.807, 2.05) is 18.4 Å². The number of benzene rings is 2. The molecule has 0 heterocycles. The van der Waals surface area contributed by atoms with E-state index in [2.05, 4.69) is 6.07 Å². The minimum Gasteiger partial charge on any atom is -0.497 e. The summed E-state index contributed by atoms with van der Waals surface area (Å²) >= 11 is 1.61. The summed E-state index contributed by atoms with van der Waals surface area (Å²) in [6.45, 7) is 0. The Kier molecular flexibility index (Phi) is 5.02. The number of ketones is 1. The monoisotopic (exact) mass is 297 g/mol. The lowest BCUT2D eigenvalue weighted by molar-refractivity contribution is 0.0979. The number of carbonyl (C=O) groups excluding carboxylic acids is 1. The minimum atomic E-state index is -0.795. The molecule has 21 heavy (non-hydrogen) atoms. The number of methoxy groups -OCH3 is 1. The molecule has 0 aromatic heterocycles. The van der Waals surface area contributed by atoms with E-state index in [1.165, 1.54) is 0 Å². The Morgan fingerprint density at radius 3 is 2.24 bits per heavy atom. The second kappa shape index (κ2) is 6.96. The number of nitrogens with zero attached hydrogens (tertiary/aromatic N) is 1. The zero-order chi connectivity index (χ0) is 15.2. The second-order valence-electron chi connectivity index (χ2n) is 4.43. The van der Waals surface area contributed by atoms with Gasteiger partial charge in [-0.2, -0.15) is 5.26 Å². The van der Waals surface area contributed by atoms with Gasteiger partial charge in [-0.3, -0.25) is 4.79 Å². The molecule has 0 aliphatic rings. The van der Waals surface area contributed by atoms with Crippen LogP contribution in [0, 0.1) is 11.3 Å². The predicted octanol–water partition coefficient (Wildman–Crippen LogP) is 3.91. The first-order chi connectivity index (χ1) is 10.2. The fourth-order valence-electron chi connectivity index (χ4n) is 2.00. The molecule has 0 bridgehead atoms. The SMILES string of the molecule is COc1ccc(C(C#N)C(=O)c2ccc(SC)cc2)cc1. The zero-order valence-corrected chi connectivity index (χ0v) is 12.7. The Labute approximate surface area is 128 Å². The Hall–Kier alpha value is -2.25. The van der Waals surface area contributed by atoms with Crippen molar-refractivity contribution in [2.24, 2.45) is 0 Å². The number of thioether (sulfide) groups is 1. The van der Waals surface area contributed by atoms with Gasteiger partial charge in [0, 0.05) is 10.5 Å². The van der Waals surface area contributed by atoms with E-state index >= 15 is 0 Å². The predicted molar refractivity (Wildman–Crippen MR) is 83.9 cm³/mol. The van der Waals surface area contributed by atoms with E-state index < -0.39 is 5.92 Å². The highest BCUT2D eigenvalue weighted by Gasteiger charge is 2.21. The van der Waals surface area contributed by atoms with Gasteiger partial charge in [0.1, 0.15) is 11.7 Å². The lowest BCUT2D eigenvalue weighted by atomic mass is 9.92. The Bertz CT molecular complexity index is 657. The fraction of sp³-hybridized carbons (Fsp3) is 0.176. The van der Waals surface area contributed by atoms with Gasteiger partial charge in [0.2, 0.25) is 0 Å². The Balaban J connectivity index is 2.26. The van der Waals surface area contributed by atoms with Crippen LogP contribution in [0.5, 0.6) is 5.75 Å². The van der Waals surface area contributed by atoms with Crippen LogP contribution in [-0.4, -0.2) is 19.1 Å². The van der Waals surface area contributed by atoms with Crippen molar-refractivity contribution in [3.05, 3.63) is 59.7 Å². The van der Waals surface area contributed by atoms with Gasteiger partial charge < -0.3 is 4.74 Å². The summed E-state index contributed by atoms with van der Waals surface area (Å²) in [5, 5.41) is 9.33. The quantitative estimate of drug-likeness (QED) is 0.620. The van der Waals surface area contributed by atoms with Crippen molar-refractivity contribution in [2.45, 2.75) is 10.8 Å². The first kappa shape index (κ1) is 15.1. The lowest BCUT2D eigenvalue weighted by Crippen LogP contribution is -2.11. The van der Waals surface area contributed by atoms with Crippen molar-refractivity contribution in [3.63, 3.8) is 0 Å². The number of hydrogen-bond donors (Lipinski definition) is 0. The third kappa shape index (κ3) is 3.45. The van der Waals surface area contributed by atoms with Crippen molar-refractivity contribution in [1.29, 1.82) is 5.26 Å². The molecule has 3 nitrogen and oxygen atoms in total. The van der Waals surface area contributed by atoms with Crippen LogP contribution < -0.4 is 4.74 Å². The summed E-state index contributed by atoms with van der Waals surface area (Å²) in [6, 6.07) is 16.4. The van der Waals surface area contributed by atoms with Gasteiger partial charge in [-0.15, -0.1) is 11.8 Å². The summed E-state index contributed by atoms with van der Waals surface area (Å²) in [4.78, 5) is 13.6. The highest BCUT2D eigenvalue weighted by Crippen LogP contribution is 2.24. The van der Waals surface area contributed by atoms with Gasteiger partial charge in [-0.05, 0) is 36.1 Å². The number of ether oxygens (including phenoxy) is 1. The van der Waals surface area contributed by atoms with E-state index in [0.717, 1.165) is 4.90 Å². The third-order valence-electron chi connectivity index (χ3n) is 3.21. The zero-order valence-electron chi connectivity index (χ0n) is 11.9. The third-order valence-corrected chi connectivity index (χ3v) is 3.96. The number of Topliss-reactive ketones (excluding diaryl/α,β-unsaturated/α-hetero) is 1. The molecule has 1 atom stereocenters. The fourth-order valence-corrected chi connectivity index (χ4v) is 2.41. The summed E-state index contributed by atoms with van der Waals surface area (Å²) in [6.07, 6.45) is 1.98. The largest absolute Gasteiger partial charge is 0.497 e. The maximum absolute atomic E-state index is 12.5. The van der Waals surface area contributed by atoms with Gasteiger partial charge in [-0.25, -0.2) is 0 Å². The lowest BCUT2D eigenvalue weighted by Gasteiger charge is -2.10. The highest BCUT2D eigenvalue weighted by atomic mass is 32.2. The van der Waals surface area contributed by atoms with Gasteiger partial charge in [0.15, 0.2) is 5.78 Å². The normalized spacial score (nSPS) is 11.5. The van der Waals surface area contributed by atoms with Crippen molar-refractivity contribution in [1.82, 2.24) is 0 Å². The minimum absolute atomic E-state index is 0.185. The maximum Gasteiger partial charge on any atom is 0.184 e. The Morgan fingerprint density at radius 2 is 1.76 bits per heavy atom. The number of carbonyl (C=O) groups is 1. The molecule has 0 saturated carbocycles. The topological polar surface area (TPSA) is 50.1 Å². The summed E-state index contributed by atoms with van der Waals surface area (Å²) in [7, 11) is 1.58. The maximum atomic E-state index is 12.5. The van der Waals surface area contributed by atoms with E-state index in [-0.39, 0.29) is 5.78 Å². The molecule has 2 aromatic carbocycles. The molecule has 0 aliphatic heterocycles. The van der Waals surface area contributed by atoms with Crippen LogP contribution in [0.2, 0.25) is 0 Å². The highest BCUT2D eigenvalue weighted by molar-refractivity contribution is 7.98. The molecule has 0 N–H and O–H groups in total. The molecule has 0 spiro atoms. The van der Waals surface area contributed by atoms with Crippen LogP contribution in [0.4, 0.5) is 0 Å². The average molecular weight is 297 g/mol. The summed E-state index contributed by atoms with van der Waals surface area (Å²) in [5.41, 5.74) is 1.23. The smallest absolute Gasteiger partial charge is 0.184 e. The summed E-state index contributed by atoms with van der Waals surface area (Å²) < 4.78 is 5.08. The Morgan fingerprint density at radius 1 is 1.14 bits per heavy atom. The molecule has 1 unspecified atom stereocenters. The van der Waals surface area contributed by atoms with Gasteiger partial charge in [-0.1, -0.05) is 24.3 Å². The van der Waals surface area contributed by atoms with Crippen LogP contribution >= 0.6 is 11.8 Å². The molecule has 0 saturated heterocycles. The van der Waals surface area contributed by atoms with Gasteiger partial charge in [0.05, 0.1) is 13.2 Å². The number of nitriles is 1. The molecule has 106 valence electrons. The average Bonchev–Trinajstić information content (AvgIpc) is 2.56. The molecule has 0 radical (unpaired) electrons. The van der Waals surface area contributed by atoms with E-state index in [9.17, 15) is 10.1 Å². The first-order valence-electron chi connectivity index (χ1n) is 6.41. The molecule has 2 rings (SSSR count). The molecular weight excluding hydrogens is 282 g/mol. The van der Waals surface area contributed by atoms with E-state index in [1.54, 1.807) is 55.3 Å². The molecule has 2 aromatic rings. The standard InChI is InChI=1S/C17H15NO2S/c1-20-14-7-3-12(4-8-14)16(11-18)17(19)13-5-9-15(21-2)10-6-13/h3-10,16H,1-2H3. The molecule has 0 amide bonds. The number of rotatable bonds is 5. The number of hydrogen-bond acceptors (Lipinski definition) is 4. The van der Waals surface area contributed by atoms with Crippen LogP contribution in [0.15, 0.2) is 53.4 Å². The van der Waals surface area contributed by atoms with Crippen LogP contribution in [0.3, 0.4) is 0 Å². The van der Waals surface area contributed by atoms with Crippen LogP contribution in [0.25, 0.3) is 0 Å². The first-order valence-corrected chi connectivity index (χ1v) is 7.64. The summed E-state index contributed by atoms with van der Waals surface area (Å²) in [5.74, 6) is -0.279. The van der Waals surface area contributed by atoms with Crippen molar-refractivity contribution < 1.29 is 9.53 Å². The van der Waals surface area contributed by atoms with E-state index in [4.69, 9.17) is 4.74 Å². The molecular formula is C17H15NO2S.